The zero-order valence-electron chi connectivity index (χ0n) is 15.0. The van der Waals surface area contributed by atoms with Crippen LogP contribution in [-0.2, 0) is 10.8 Å². The quantitative estimate of drug-likeness (QED) is 0.412. The van der Waals surface area contributed by atoms with E-state index in [0.29, 0.717) is 15.1 Å². The van der Waals surface area contributed by atoms with Crippen molar-refractivity contribution in [1.82, 2.24) is 0 Å². The Bertz CT molecular complexity index is 698. The van der Waals surface area contributed by atoms with Crippen molar-refractivity contribution in [1.29, 1.82) is 0 Å². The molecule has 0 atom stereocenters. The lowest BCUT2D eigenvalue weighted by atomic mass is 9.87. The Morgan fingerprint density at radius 3 is 1.75 bits per heavy atom. The van der Waals surface area contributed by atoms with Gasteiger partial charge in [0, 0.05) is 5.02 Å². The zero-order chi connectivity index (χ0) is 18.7. The van der Waals surface area contributed by atoms with E-state index in [4.69, 9.17) is 11.6 Å². The van der Waals surface area contributed by atoms with Gasteiger partial charge in [-0.25, -0.2) is 8.78 Å². The van der Waals surface area contributed by atoms with Crippen molar-refractivity contribution in [3.63, 3.8) is 0 Å². The van der Waals surface area contributed by atoms with E-state index in [-0.39, 0.29) is 22.5 Å². The van der Waals surface area contributed by atoms with Gasteiger partial charge >= 0.3 is 0 Å². The molecular formula is C20H24BrClF2. The molecule has 0 bridgehead atoms. The van der Waals surface area contributed by atoms with Gasteiger partial charge in [0.2, 0.25) is 0 Å². The summed E-state index contributed by atoms with van der Waals surface area (Å²) in [7, 11) is 0. The van der Waals surface area contributed by atoms with Crippen LogP contribution in [0.2, 0.25) is 5.02 Å². The minimum absolute atomic E-state index is 0.0796. The molecule has 0 aliphatic rings. The van der Waals surface area contributed by atoms with Crippen molar-refractivity contribution in [3.05, 3.63) is 68.7 Å². The Labute approximate surface area is 157 Å². The lowest BCUT2D eigenvalue weighted by Gasteiger charge is -2.19. The van der Waals surface area contributed by atoms with Crippen LogP contribution < -0.4 is 0 Å². The van der Waals surface area contributed by atoms with E-state index in [1.54, 1.807) is 12.1 Å². The van der Waals surface area contributed by atoms with E-state index in [2.05, 4.69) is 36.7 Å². The summed E-state index contributed by atoms with van der Waals surface area (Å²) in [4.78, 5) is 0. The molecule has 2 aromatic rings. The van der Waals surface area contributed by atoms with Gasteiger partial charge in [-0.1, -0.05) is 59.2 Å². The average Bonchev–Trinajstić information content (AvgIpc) is 2.43. The molecule has 0 aliphatic carbocycles. The lowest BCUT2D eigenvalue weighted by molar-refractivity contribution is 0.523. The summed E-state index contributed by atoms with van der Waals surface area (Å²) in [5.41, 5.74) is 1.69. The largest absolute Gasteiger partial charge is 0.207 e. The van der Waals surface area contributed by atoms with Crippen LogP contribution in [0.5, 0.6) is 0 Å². The Morgan fingerprint density at radius 1 is 0.792 bits per heavy atom. The highest BCUT2D eigenvalue weighted by Gasteiger charge is 2.18. The highest BCUT2D eigenvalue weighted by atomic mass is 79.9. The SMILES string of the molecule is CC(C)(C)c1cc(Cl)ccc1F.CC(C)(C)c1ccc(F)c(Br)c1. The van der Waals surface area contributed by atoms with Gasteiger partial charge in [0.05, 0.1) is 4.47 Å². The summed E-state index contributed by atoms with van der Waals surface area (Å²) >= 11 is 8.92. The molecule has 0 spiro atoms. The Morgan fingerprint density at radius 2 is 1.33 bits per heavy atom. The zero-order valence-corrected chi connectivity index (χ0v) is 17.3. The molecule has 0 unspecified atom stereocenters. The smallest absolute Gasteiger partial charge is 0.137 e. The first kappa shape index (κ1) is 21.1. The number of rotatable bonds is 0. The standard InChI is InChI=1S/C10H12BrF.C10H12ClF/c1-10(2,3)7-4-5-9(12)8(11)6-7;1-10(2,3)8-6-7(11)4-5-9(8)12/h2*4-6H,1-3H3. The molecule has 0 fully saturated rings. The van der Waals surface area contributed by atoms with E-state index in [9.17, 15) is 8.78 Å². The second-order valence-electron chi connectivity index (χ2n) is 7.75. The molecule has 0 nitrogen and oxygen atoms in total. The van der Waals surface area contributed by atoms with E-state index >= 15 is 0 Å². The van der Waals surface area contributed by atoms with Crippen LogP contribution >= 0.6 is 27.5 Å². The first-order valence-electron chi connectivity index (χ1n) is 7.73. The minimum atomic E-state index is -0.206. The predicted octanol–water partition coefficient (Wildman–Crippen LogP) is 7.66. The molecule has 0 aliphatic heterocycles. The van der Waals surface area contributed by atoms with Gasteiger partial charge in [0.1, 0.15) is 11.6 Å². The van der Waals surface area contributed by atoms with Crippen molar-refractivity contribution in [2.24, 2.45) is 0 Å². The third-order valence-corrected chi connectivity index (χ3v) is 4.36. The maximum absolute atomic E-state index is 13.2. The molecule has 2 rings (SSSR count). The van der Waals surface area contributed by atoms with Gasteiger partial charge in [-0.15, -0.1) is 0 Å². The normalized spacial score (nSPS) is 11.8. The molecule has 0 heterocycles. The minimum Gasteiger partial charge on any atom is -0.207 e. The summed E-state index contributed by atoms with van der Waals surface area (Å²) in [5.74, 6) is -0.394. The highest BCUT2D eigenvalue weighted by molar-refractivity contribution is 9.10. The molecule has 0 saturated carbocycles. The van der Waals surface area contributed by atoms with Gasteiger partial charge in [-0.3, -0.25) is 0 Å². The van der Waals surface area contributed by atoms with E-state index in [1.807, 2.05) is 32.9 Å². The fourth-order valence-corrected chi connectivity index (χ4v) is 2.59. The van der Waals surface area contributed by atoms with E-state index < -0.39 is 0 Å². The Hall–Kier alpha value is -0.930. The number of hydrogen-bond donors (Lipinski definition) is 0. The van der Waals surface area contributed by atoms with Crippen LogP contribution in [0.3, 0.4) is 0 Å². The predicted molar refractivity (Wildman–Crippen MR) is 103 cm³/mol. The third kappa shape index (κ3) is 6.18. The molecule has 0 N–H and O–H groups in total. The number of halogens is 4. The van der Waals surface area contributed by atoms with Gasteiger partial charge in [0.25, 0.3) is 0 Å². The highest BCUT2D eigenvalue weighted by Crippen LogP contribution is 2.27. The first-order valence-corrected chi connectivity index (χ1v) is 8.90. The van der Waals surface area contributed by atoms with Crippen molar-refractivity contribution >= 4 is 27.5 Å². The first-order chi connectivity index (χ1) is 10.8. The summed E-state index contributed by atoms with van der Waals surface area (Å²) in [5, 5.41) is 0.585. The molecule has 0 amide bonds. The maximum Gasteiger partial charge on any atom is 0.137 e. The van der Waals surface area contributed by atoms with Gasteiger partial charge in [0.15, 0.2) is 0 Å². The molecule has 132 valence electrons. The summed E-state index contributed by atoms with van der Waals surface area (Å²) < 4.78 is 26.6. The van der Waals surface area contributed by atoms with Crippen LogP contribution in [0.1, 0.15) is 52.7 Å². The fraction of sp³-hybridized carbons (Fsp3) is 0.400. The van der Waals surface area contributed by atoms with Gasteiger partial charge in [-0.2, -0.15) is 0 Å². The number of benzene rings is 2. The van der Waals surface area contributed by atoms with Crippen molar-refractivity contribution in [2.45, 2.75) is 52.4 Å². The van der Waals surface area contributed by atoms with Crippen molar-refractivity contribution in [3.8, 4) is 0 Å². The van der Waals surface area contributed by atoms with E-state index in [0.717, 1.165) is 5.56 Å². The van der Waals surface area contributed by atoms with Gasteiger partial charge < -0.3 is 0 Å². The van der Waals surface area contributed by atoms with E-state index in [1.165, 1.54) is 12.1 Å². The maximum atomic E-state index is 13.2. The van der Waals surface area contributed by atoms with Gasteiger partial charge in [-0.05, 0) is 68.2 Å². The van der Waals surface area contributed by atoms with Crippen molar-refractivity contribution < 1.29 is 8.78 Å². The second-order valence-corrected chi connectivity index (χ2v) is 9.04. The third-order valence-electron chi connectivity index (χ3n) is 3.52. The van der Waals surface area contributed by atoms with Crippen LogP contribution in [-0.4, -0.2) is 0 Å². The van der Waals surface area contributed by atoms with Crippen LogP contribution in [0.15, 0.2) is 40.9 Å². The van der Waals surface area contributed by atoms with Crippen LogP contribution in [0.4, 0.5) is 8.78 Å². The summed E-state index contributed by atoms with van der Waals surface area (Å²) in [6.07, 6.45) is 0. The fourth-order valence-electron chi connectivity index (χ4n) is 2.03. The molecule has 24 heavy (non-hydrogen) atoms. The molecule has 2 aromatic carbocycles. The molecular weight excluding hydrogens is 394 g/mol. The van der Waals surface area contributed by atoms with Crippen molar-refractivity contribution in [2.75, 3.05) is 0 Å². The monoisotopic (exact) mass is 416 g/mol. The number of hydrogen-bond acceptors (Lipinski definition) is 0. The van der Waals surface area contributed by atoms with Crippen LogP contribution in [0.25, 0.3) is 0 Å². The molecule has 0 aromatic heterocycles. The molecule has 4 heteroatoms. The lowest BCUT2D eigenvalue weighted by Crippen LogP contribution is -2.13. The Balaban J connectivity index is 0.000000240. The summed E-state index contributed by atoms with van der Waals surface area (Å²) in [6, 6.07) is 9.78. The Kier molecular flexibility index (Phi) is 7.01. The van der Waals surface area contributed by atoms with Crippen LogP contribution in [0, 0.1) is 11.6 Å². The summed E-state index contributed by atoms with van der Waals surface area (Å²) in [6.45, 7) is 12.2. The second kappa shape index (κ2) is 7.97. The topological polar surface area (TPSA) is 0 Å². The average molecular weight is 418 g/mol. The molecule has 0 saturated heterocycles. The molecule has 0 radical (unpaired) electrons.